The van der Waals surface area contributed by atoms with Gasteiger partial charge in [-0.25, -0.2) is 0 Å². The van der Waals surface area contributed by atoms with Crippen LogP contribution in [-0.4, -0.2) is 31.5 Å². The van der Waals surface area contributed by atoms with Gasteiger partial charge < -0.3 is 14.4 Å². The van der Waals surface area contributed by atoms with Crippen LogP contribution in [-0.2, 0) is 9.31 Å². The molecule has 52 valence electrons. The molecule has 0 amide bonds. The van der Waals surface area contributed by atoms with Crippen molar-refractivity contribution in [3.63, 3.8) is 0 Å². The van der Waals surface area contributed by atoms with E-state index in [-0.39, 0.29) is 19.8 Å². The van der Waals surface area contributed by atoms with E-state index < -0.39 is 0 Å². The zero-order chi connectivity index (χ0) is 6.69. The van der Waals surface area contributed by atoms with Gasteiger partial charge in [0, 0.05) is 6.61 Å². The molecule has 0 aromatic heterocycles. The Labute approximate surface area is 55.1 Å². The first-order valence-corrected chi connectivity index (χ1v) is 3.21. The molecule has 0 aromatic carbocycles. The summed E-state index contributed by atoms with van der Waals surface area (Å²) in [5.41, 5.74) is 0. The molecule has 1 aliphatic rings. The number of rotatable bonds is 1. The average Bonchev–Trinajstić information content (AvgIpc) is 1.88. The molecule has 0 bridgehead atoms. The Balaban J connectivity index is 2.23. The third-order valence-corrected chi connectivity index (χ3v) is 1.38. The van der Waals surface area contributed by atoms with Gasteiger partial charge in [-0.3, -0.25) is 0 Å². The molecule has 0 radical (unpaired) electrons. The van der Waals surface area contributed by atoms with Gasteiger partial charge in [0.2, 0.25) is 0 Å². The molecule has 9 heavy (non-hydrogen) atoms. The van der Waals surface area contributed by atoms with E-state index in [1.54, 1.807) is 0 Å². The highest BCUT2D eigenvalue weighted by Crippen LogP contribution is 2.07. The van der Waals surface area contributed by atoms with Gasteiger partial charge in [0.25, 0.3) is 0 Å². The summed E-state index contributed by atoms with van der Waals surface area (Å²) in [6.45, 7) is 2.64. The molecule has 1 aliphatic heterocycles. The van der Waals surface area contributed by atoms with Crippen molar-refractivity contribution < 1.29 is 14.4 Å². The van der Waals surface area contributed by atoms with Crippen LogP contribution in [0.3, 0.4) is 0 Å². The summed E-state index contributed by atoms with van der Waals surface area (Å²) >= 11 is 0. The highest BCUT2D eigenvalue weighted by Gasteiger charge is 2.22. The largest absolute Gasteiger partial charge is 0.453 e. The third-order valence-electron chi connectivity index (χ3n) is 1.38. The minimum Gasteiger partial charge on any atom is -0.411 e. The van der Waals surface area contributed by atoms with Crippen LogP contribution in [0.15, 0.2) is 0 Å². The van der Waals surface area contributed by atoms with Gasteiger partial charge >= 0.3 is 7.12 Å². The first kappa shape index (κ1) is 7.06. The van der Waals surface area contributed by atoms with E-state index in [2.05, 4.69) is 0 Å². The molecule has 0 aliphatic carbocycles. The maximum absolute atomic E-state index is 8.63. The van der Waals surface area contributed by atoms with Crippen molar-refractivity contribution >= 4 is 7.12 Å². The summed E-state index contributed by atoms with van der Waals surface area (Å²) in [5.74, 6) is 0. The minimum atomic E-state index is -0.143. The average molecular weight is 130 g/mol. The van der Waals surface area contributed by atoms with E-state index in [0.717, 1.165) is 6.42 Å². The van der Waals surface area contributed by atoms with Crippen LogP contribution in [0.4, 0.5) is 0 Å². The molecule has 1 heterocycles. The lowest BCUT2D eigenvalue weighted by atomic mass is 9.92. The Morgan fingerprint density at radius 1 is 1.78 bits per heavy atom. The lowest BCUT2D eigenvalue weighted by molar-refractivity contribution is 0.0322. The van der Waals surface area contributed by atoms with Gasteiger partial charge in [0.1, 0.15) is 0 Å². The monoisotopic (exact) mass is 130 g/mol. The second kappa shape index (κ2) is 3.20. The van der Waals surface area contributed by atoms with Crippen molar-refractivity contribution in [1.29, 1.82) is 0 Å². The van der Waals surface area contributed by atoms with Crippen LogP contribution < -0.4 is 0 Å². The molecule has 1 rings (SSSR count). The van der Waals surface area contributed by atoms with Gasteiger partial charge in [-0.1, -0.05) is 0 Å². The summed E-state index contributed by atoms with van der Waals surface area (Å²) in [7, 11) is -0.143. The van der Waals surface area contributed by atoms with Crippen LogP contribution in [0.2, 0.25) is 6.82 Å². The lowest BCUT2D eigenvalue weighted by Crippen LogP contribution is -2.35. The molecule has 4 heteroatoms. The van der Waals surface area contributed by atoms with Crippen LogP contribution in [0, 0.1) is 0 Å². The SMILES string of the molecule is CB1OCCC(CO)O1. The Morgan fingerprint density at radius 3 is 3.00 bits per heavy atom. The maximum atomic E-state index is 8.63. The Kier molecular flexibility index (Phi) is 2.51. The highest BCUT2D eigenvalue weighted by atomic mass is 16.6. The fourth-order valence-corrected chi connectivity index (χ4v) is 0.878. The van der Waals surface area contributed by atoms with E-state index in [0.29, 0.717) is 6.61 Å². The minimum absolute atomic E-state index is 0.00579. The van der Waals surface area contributed by atoms with Crippen molar-refractivity contribution in [3.8, 4) is 0 Å². The van der Waals surface area contributed by atoms with E-state index in [1.165, 1.54) is 0 Å². The van der Waals surface area contributed by atoms with Gasteiger partial charge in [-0.05, 0) is 13.2 Å². The number of hydrogen-bond donors (Lipinski definition) is 1. The third kappa shape index (κ3) is 1.97. The molecular weight excluding hydrogens is 119 g/mol. The molecule has 1 unspecified atom stereocenters. The van der Waals surface area contributed by atoms with Gasteiger partial charge in [-0.15, -0.1) is 0 Å². The Morgan fingerprint density at radius 2 is 2.56 bits per heavy atom. The van der Waals surface area contributed by atoms with Crippen LogP contribution in [0.1, 0.15) is 6.42 Å². The quantitative estimate of drug-likeness (QED) is 0.503. The van der Waals surface area contributed by atoms with Crippen molar-refractivity contribution in [3.05, 3.63) is 0 Å². The molecule has 1 fully saturated rings. The molecule has 0 aromatic rings. The van der Waals surface area contributed by atoms with Gasteiger partial charge in [-0.2, -0.15) is 0 Å². The van der Waals surface area contributed by atoms with Gasteiger partial charge in [0.15, 0.2) is 0 Å². The van der Waals surface area contributed by atoms with Crippen LogP contribution in [0.25, 0.3) is 0 Å². The van der Waals surface area contributed by atoms with E-state index >= 15 is 0 Å². The molecule has 1 N–H and O–H groups in total. The Bertz CT molecular complexity index is 88.3. The molecule has 3 nitrogen and oxygen atoms in total. The normalized spacial score (nSPS) is 28.7. The van der Waals surface area contributed by atoms with E-state index in [4.69, 9.17) is 14.4 Å². The zero-order valence-electron chi connectivity index (χ0n) is 5.54. The van der Waals surface area contributed by atoms with Crippen molar-refractivity contribution in [2.45, 2.75) is 19.3 Å². The number of aliphatic hydroxyl groups excluding tert-OH is 1. The number of hydrogen-bond acceptors (Lipinski definition) is 3. The smallest absolute Gasteiger partial charge is 0.411 e. The summed E-state index contributed by atoms with van der Waals surface area (Å²) in [4.78, 5) is 0. The topological polar surface area (TPSA) is 38.7 Å². The van der Waals surface area contributed by atoms with Gasteiger partial charge in [0.05, 0.1) is 12.7 Å². The van der Waals surface area contributed by atoms with Crippen LogP contribution in [0.5, 0.6) is 0 Å². The van der Waals surface area contributed by atoms with Crippen molar-refractivity contribution in [1.82, 2.24) is 0 Å². The summed E-state index contributed by atoms with van der Waals surface area (Å²) in [6.07, 6.45) is 0.801. The first-order chi connectivity index (χ1) is 4.33. The fraction of sp³-hybridized carbons (Fsp3) is 1.00. The van der Waals surface area contributed by atoms with Crippen LogP contribution >= 0.6 is 0 Å². The molecule has 0 saturated carbocycles. The lowest BCUT2D eigenvalue weighted by Gasteiger charge is -2.24. The fourth-order valence-electron chi connectivity index (χ4n) is 0.878. The predicted molar refractivity (Wildman–Crippen MR) is 34.1 cm³/mol. The molecule has 1 saturated heterocycles. The maximum Gasteiger partial charge on any atom is 0.453 e. The second-order valence-corrected chi connectivity index (χ2v) is 2.17. The predicted octanol–water partition coefficient (Wildman–Crippen LogP) is -0.0978. The Hall–Kier alpha value is -0.0551. The molecular formula is C5H11BO3. The highest BCUT2D eigenvalue weighted by molar-refractivity contribution is 6.42. The summed E-state index contributed by atoms with van der Waals surface area (Å²) < 4.78 is 10.2. The van der Waals surface area contributed by atoms with Crippen molar-refractivity contribution in [2.75, 3.05) is 13.2 Å². The van der Waals surface area contributed by atoms with Crippen molar-refractivity contribution in [2.24, 2.45) is 0 Å². The van der Waals surface area contributed by atoms with E-state index in [1.807, 2.05) is 6.82 Å². The standard InChI is InChI=1S/C5H11BO3/c1-6-8-3-2-5(4-7)9-6/h5,7H,2-4H2,1H3. The summed E-state index contributed by atoms with van der Waals surface area (Å²) in [6, 6.07) is 0. The summed E-state index contributed by atoms with van der Waals surface area (Å²) in [5, 5.41) is 8.63. The first-order valence-electron chi connectivity index (χ1n) is 3.21. The molecule has 0 spiro atoms. The number of aliphatic hydroxyl groups is 1. The molecule has 1 atom stereocenters. The zero-order valence-corrected chi connectivity index (χ0v) is 5.54. The second-order valence-electron chi connectivity index (χ2n) is 2.17. The van der Waals surface area contributed by atoms with E-state index in [9.17, 15) is 0 Å².